The van der Waals surface area contributed by atoms with Crippen LogP contribution in [0.1, 0.15) is 31.5 Å². The molecule has 3 heteroatoms. The first-order chi connectivity index (χ1) is 8.46. The third-order valence-electron chi connectivity index (χ3n) is 3.88. The van der Waals surface area contributed by atoms with Crippen LogP contribution in [0.15, 0.2) is 18.2 Å². The van der Waals surface area contributed by atoms with E-state index in [1.807, 2.05) is 0 Å². The van der Waals surface area contributed by atoms with Gasteiger partial charge in [0, 0.05) is 22.8 Å². The molecule has 1 aliphatic carbocycles. The summed E-state index contributed by atoms with van der Waals surface area (Å²) in [5, 5.41) is 0.870. The summed E-state index contributed by atoms with van der Waals surface area (Å²) >= 11 is 0. The van der Waals surface area contributed by atoms with Crippen LogP contribution in [-0.4, -0.2) is 4.98 Å². The second-order valence-electron chi connectivity index (χ2n) is 5.95. The zero-order valence-electron chi connectivity index (χ0n) is 10.8. The van der Waals surface area contributed by atoms with Crippen molar-refractivity contribution in [2.24, 2.45) is 5.41 Å². The second-order valence-corrected chi connectivity index (χ2v) is 5.95. The number of rotatable bonds is 0. The molecule has 3 rings (SSSR count). The Bertz CT molecular complexity index is 632. The minimum absolute atomic E-state index is 0.257. The van der Waals surface area contributed by atoms with Crippen molar-refractivity contribution in [3.63, 3.8) is 0 Å². The maximum absolute atomic E-state index is 13.3. The van der Waals surface area contributed by atoms with E-state index in [1.165, 1.54) is 12.1 Å². The molecule has 1 heterocycles. The Labute approximate surface area is 106 Å². The van der Waals surface area contributed by atoms with Gasteiger partial charge in [0.15, 0.2) is 0 Å². The van der Waals surface area contributed by atoms with E-state index in [4.69, 9.17) is 5.73 Å². The molecule has 2 nitrogen and oxygen atoms in total. The lowest BCUT2D eigenvalue weighted by Gasteiger charge is -2.31. The van der Waals surface area contributed by atoms with Crippen LogP contribution in [0.2, 0.25) is 0 Å². The number of aromatic nitrogens is 1. The first kappa shape index (κ1) is 11.5. The highest BCUT2D eigenvalue weighted by Gasteiger charge is 2.28. The van der Waals surface area contributed by atoms with Crippen molar-refractivity contribution < 1.29 is 4.39 Å². The van der Waals surface area contributed by atoms with Gasteiger partial charge < -0.3 is 5.73 Å². The number of halogens is 1. The smallest absolute Gasteiger partial charge is 0.125 e. The van der Waals surface area contributed by atoms with E-state index in [1.54, 1.807) is 6.07 Å². The number of benzene rings is 1. The fraction of sp³-hybridized carbons (Fsp3) is 0.400. The lowest BCUT2D eigenvalue weighted by atomic mass is 9.75. The molecule has 94 valence electrons. The molecule has 0 unspecified atom stereocenters. The van der Waals surface area contributed by atoms with Crippen LogP contribution in [0.4, 0.5) is 10.1 Å². The topological polar surface area (TPSA) is 38.9 Å². The molecule has 18 heavy (non-hydrogen) atoms. The minimum Gasteiger partial charge on any atom is -0.398 e. The van der Waals surface area contributed by atoms with Crippen molar-refractivity contribution in [3.05, 3.63) is 35.3 Å². The van der Waals surface area contributed by atoms with Gasteiger partial charge in [0.2, 0.25) is 0 Å². The Morgan fingerprint density at radius 1 is 1.33 bits per heavy atom. The van der Waals surface area contributed by atoms with Gasteiger partial charge in [-0.3, -0.25) is 4.98 Å². The van der Waals surface area contributed by atoms with E-state index in [0.717, 1.165) is 41.6 Å². The fourth-order valence-corrected chi connectivity index (χ4v) is 2.79. The maximum atomic E-state index is 13.3. The van der Waals surface area contributed by atoms with Gasteiger partial charge >= 0.3 is 0 Å². The molecule has 2 N–H and O–H groups in total. The van der Waals surface area contributed by atoms with Crippen LogP contribution in [0.5, 0.6) is 0 Å². The molecule has 1 aromatic carbocycles. The predicted octanol–water partition coefficient (Wildman–Crippen LogP) is 3.47. The van der Waals surface area contributed by atoms with Crippen molar-refractivity contribution >= 4 is 16.6 Å². The monoisotopic (exact) mass is 244 g/mol. The summed E-state index contributed by atoms with van der Waals surface area (Å²) < 4.78 is 13.3. The molecule has 0 spiro atoms. The van der Waals surface area contributed by atoms with E-state index in [-0.39, 0.29) is 11.2 Å². The van der Waals surface area contributed by atoms with Crippen LogP contribution >= 0.6 is 0 Å². The van der Waals surface area contributed by atoms with Crippen LogP contribution in [0, 0.1) is 11.2 Å². The Hall–Kier alpha value is -1.64. The highest BCUT2D eigenvalue weighted by atomic mass is 19.1. The van der Waals surface area contributed by atoms with Crippen LogP contribution in [0.3, 0.4) is 0 Å². The van der Waals surface area contributed by atoms with Crippen molar-refractivity contribution in [2.45, 2.75) is 33.1 Å². The normalized spacial score (nSPS) is 17.7. The molecule has 0 bridgehead atoms. The Morgan fingerprint density at radius 3 is 2.89 bits per heavy atom. The van der Waals surface area contributed by atoms with Gasteiger partial charge in [-0.2, -0.15) is 0 Å². The number of hydrogen-bond acceptors (Lipinski definition) is 2. The van der Waals surface area contributed by atoms with E-state index in [0.29, 0.717) is 5.52 Å². The molecule has 2 aromatic rings. The second kappa shape index (κ2) is 3.67. The lowest BCUT2D eigenvalue weighted by molar-refractivity contribution is 0.311. The van der Waals surface area contributed by atoms with Crippen LogP contribution < -0.4 is 5.73 Å². The quantitative estimate of drug-likeness (QED) is 0.770. The van der Waals surface area contributed by atoms with Crippen molar-refractivity contribution in [1.82, 2.24) is 4.98 Å². The van der Waals surface area contributed by atoms with E-state index in [2.05, 4.69) is 18.8 Å². The molecule has 0 fully saturated rings. The van der Waals surface area contributed by atoms with Gasteiger partial charge in [-0.25, -0.2) is 4.39 Å². The number of nitrogens with two attached hydrogens (primary N) is 1. The zero-order valence-corrected chi connectivity index (χ0v) is 10.8. The Kier molecular flexibility index (Phi) is 2.34. The summed E-state index contributed by atoms with van der Waals surface area (Å²) in [4.78, 5) is 4.61. The maximum Gasteiger partial charge on any atom is 0.125 e. The standard InChI is InChI=1S/C15H17FN2/c1-15(2)6-5-11-13(8-15)18-12-7-9(16)3-4-10(12)14(11)17/h3-4,7H,5-6,8H2,1-2H3,(H2,17,18). The number of anilines is 1. The lowest BCUT2D eigenvalue weighted by Crippen LogP contribution is -2.24. The summed E-state index contributed by atoms with van der Waals surface area (Å²) in [6.45, 7) is 4.48. The summed E-state index contributed by atoms with van der Waals surface area (Å²) in [5.41, 5.74) is 10.1. The van der Waals surface area contributed by atoms with Crippen molar-refractivity contribution in [3.8, 4) is 0 Å². The largest absolute Gasteiger partial charge is 0.398 e. The average molecular weight is 244 g/mol. The molecule has 0 saturated carbocycles. The van der Waals surface area contributed by atoms with E-state index < -0.39 is 0 Å². The molecule has 0 atom stereocenters. The first-order valence-electron chi connectivity index (χ1n) is 6.33. The molecule has 1 aromatic heterocycles. The SMILES string of the molecule is CC1(C)CCc2c(nc3cc(F)ccc3c2N)C1. The van der Waals surface area contributed by atoms with Gasteiger partial charge in [-0.05, 0) is 42.4 Å². The number of hydrogen-bond donors (Lipinski definition) is 1. The van der Waals surface area contributed by atoms with Crippen molar-refractivity contribution in [2.75, 3.05) is 5.73 Å². The molecule has 0 saturated heterocycles. The molecular weight excluding hydrogens is 227 g/mol. The summed E-state index contributed by atoms with van der Waals surface area (Å²) in [6.07, 6.45) is 3.01. The third kappa shape index (κ3) is 1.74. The van der Waals surface area contributed by atoms with E-state index in [9.17, 15) is 4.39 Å². The Morgan fingerprint density at radius 2 is 2.11 bits per heavy atom. The third-order valence-corrected chi connectivity index (χ3v) is 3.88. The van der Waals surface area contributed by atoms with Gasteiger partial charge in [0.1, 0.15) is 5.82 Å². The highest BCUT2D eigenvalue weighted by Crippen LogP contribution is 2.38. The molecule has 1 aliphatic rings. The summed E-state index contributed by atoms with van der Waals surface area (Å²) in [6, 6.07) is 4.64. The first-order valence-corrected chi connectivity index (χ1v) is 6.33. The molecule has 0 aliphatic heterocycles. The number of fused-ring (bicyclic) bond motifs is 2. The van der Waals surface area contributed by atoms with Gasteiger partial charge in [-0.15, -0.1) is 0 Å². The highest BCUT2D eigenvalue weighted by molar-refractivity contribution is 5.92. The Balaban J connectivity index is 2.26. The van der Waals surface area contributed by atoms with Gasteiger partial charge in [0.05, 0.1) is 5.52 Å². The number of nitrogens with zero attached hydrogens (tertiary/aromatic N) is 1. The molecule has 0 radical (unpaired) electrons. The molecular formula is C15H17FN2. The fourth-order valence-electron chi connectivity index (χ4n) is 2.79. The predicted molar refractivity (Wildman–Crippen MR) is 71.9 cm³/mol. The van der Waals surface area contributed by atoms with Gasteiger partial charge in [0.25, 0.3) is 0 Å². The van der Waals surface area contributed by atoms with Crippen LogP contribution in [-0.2, 0) is 12.8 Å². The average Bonchev–Trinajstić information content (AvgIpc) is 2.27. The molecule has 0 amide bonds. The summed E-state index contributed by atoms with van der Waals surface area (Å²) in [7, 11) is 0. The summed E-state index contributed by atoms with van der Waals surface area (Å²) in [5.74, 6) is -0.260. The zero-order chi connectivity index (χ0) is 12.9. The number of pyridine rings is 1. The minimum atomic E-state index is -0.260. The number of nitrogen functional groups attached to an aromatic ring is 1. The van der Waals surface area contributed by atoms with E-state index >= 15 is 0 Å². The van der Waals surface area contributed by atoms with Gasteiger partial charge in [-0.1, -0.05) is 13.8 Å². The van der Waals surface area contributed by atoms with Crippen LogP contribution in [0.25, 0.3) is 10.9 Å². The van der Waals surface area contributed by atoms with Crippen molar-refractivity contribution in [1.29, 1.82) is 0 Å².